The molecule has 1 aliphatic carbocycles. The minimum atomic E-state index is 0.397. The van der Waals surface area contributed by atoms with Crippen molar-refractivity contribution in [2.24, 2.45) is 0 Å². The molecule has 0 bridgehead atoms. The van der Waals surface area contributed by atoms with Crippen LogP contribution in [0.2, 0.25) is 5.02 Å². The maximum atomic E-state index is 6.19. The lowest BCUT2D eigenvalue weighted by molar-refractivity contribution is 0.448. The Hall–Kier alpha value is -1.25. The molecule has 1 aromatic carbocycles. The van der Waals surface area contributed by atoms with E-state index < -0.39 is 0 Å². The van der Waals surface area contributed by atoms with Crippen molar-refractivity contribution in [2.75, 3.05) is 0 Å². The smallest absolute Gasteiger partial charge is 0.117 e. The molecule has 2 aromatic rings. The van der Waals surface area contributed by atoms with Gasteiger partial charge in [-0.3, -0.25) is 0 Å². The number of hydrogen-bond acceptors (Lipinski definition) is 2. The molecule has 0 aliphatic heterocycles. The van der Waals surface area contributed by atoms with Crippen LogP contribution in [0.15, 0.2) is 41.0 Å². The zero-order chi connectivity index (χ0) is 11.7. The van der Waals surface area contributed by atoms with Crippen molar-refractivity contribution >= 4 is 11.6 Å². The van der Waals surface area contributed by atoms with Crippen LogP contribution in [0.5, 0.6) is 0 Å². The summed E-state index contributed by atoms with van der Waals surface area (Å²) in [6, 6.07) is 10.4. The van der Waals surface area contributed by atoms with Crippen molar-refractivity contribution in [2.45, 2.75) is 25.4 Å². The third-order valence-electron chi connectivity index (χ3n) is 3.32. The van der Waals surface area contributed by atoms with E-state index in [9.17, 15) is 0 Å². The Bertz CT molecular complexity index is 507. The van der Waals surface area contributed by atoms with Crippen LogP contribution in [-0.2, 0) is 13.0 Å². The second-order valence-corrected chi connectivity index (χ2v) is 4.77. The van der Waals surface area contributed by atoms with E-state index in [4.69, 9.17) is 16.0 Å². The number of benzene rings is 1. The molecule has 2 nitrogen and oxygen atoms in total. The molecular weight excluding hydrogens is 234 g/mol. The Balaban J connectivity index is 1.73. The highest BCUT2D eigenvalue weighted by atomic mass is 35.5. The first kappa shape index (κ1) is 10.9. The summed E-state index contributed by atoms with van der Waals surface area (Å²) in [5, 5.41) is 4.41. The first-order valence-electron chi connectivity index (χ1n) is 5.87. The normalized spacial score (nSPS) is 18.3. The van der Waals surface area contributed by atoms with E-state index in [2.05, 4.69) is 11.4 Å². The molecule has 1 N–H and O–H groups in total. The molecule has 1 unspecified atom stereocenters. The second kappa shape index (κ2) is 4.55. The summed E-state index contributed by atoms with van der Waals surface area (Å²) < 4.78 is 5.32. The zero-order valence-electron chi connectivity index (χ0n) is 9.45. The van der Waals surface area contributed by atoms with Gasteiger partial charge in [0.15, 0.2) is 0 Å². The molecule has 3 heteroatoms. The molecule has 88 valence electrons. The van der Waals surface area contributed by atoms with Crippen LogP contribution in [0.25, 0.3) is 0 Å². The minimum Gasteiger partial charge on any atom is -0.468 e. The Labute approximate surface area is 106 Å². The van der Waals surface area contributed by atoms with Gasteiger partial charge >= 0.3 is 0 Å². The van der Waals surface area contributed by atoms with Crippen molar-refractivity contribution in [1.82, 2.24) is 5.32 Å². The monoisotopic (exact) mass is 247 g/mol. The van der Waals surface area contributed by atoms with E-state index in [0.29, 0.717) is 6.04 Å². The van der Waals surface area contributed by atoms with Crippen LogP contribution in [0.4, 0.5) is 0 Å². The minimum absolute atomic E-state index is 0.397. The molecular formula is C14H14ClNO. The van der Waals surface area contributed by atoms with E-state index in [1.807, 2.05) is 24.3 Å². The van der Waals surface area contributed by atoms with Gasteiger partial charge < -0.3 is 9.73 Å². The van der Waals surface area contributed by atoms with Gasteiger partial charge in [0.25, 0.3) is 0 Å². The number of halogens is 1. The lowest BCUT2D eigenvalue weighted by Gasteiger charge is -2.13. The van der Waals surface area contributed by atoms with Gasteiger partial charge in [0, 0.05) is 11.1 Å². The Morgan fingerprint density at radius 1 is 1.29 bits per heavy atom. The van der Waals surface area contributed by atoms with Crippen molar-refractivity contribution in [3.05, 3.63) is 58.5 Å². The molecule has 1 aromatic heterocycles. The quantitative estimate of drug-likeness (QED) is 0.895. The maximum absolute atomic E-state index is 6.19. The molecule has 0 radical (unpaired) electrons. The van der Waals surface area contributed by atoms with Crippen molar-refractivity contribution in [3.63, 3.8) is 0 Å². The maximum Gasteiger partial charge on any atom is 0.117 e. The Morgan fingerprint density at radius 3 is 3.06 bits per heavy atom. The van der Waals surface area contributed by atoms with Crippen LogP contribution in [0.3, 0.4) is 0 Å². The number of hydrogen-bond donors (Lipinski definition) is 1. The average Bonchev–Trinajstić information content (AvgIpc) is 2.95. The van der Waals surface area contributed by atoms with E-state index in [0.717, 1.165) is 30.2 Å². The summed E-state index contributed by atoms with van der Waals surface area (Å²) in [5.41, 5.74) is 2.63. The van der Waals surface area contributed by atoms with E-state index in [-0.39, 0.29) is 0 Å². The van der Waals surface area contributed by atoms with Crippen LogP contribution < -0.4 is 5.32 Å². The molecule has 0 saturated carbocycles. The fourth-order valence-electron chi connectivity index (χ4n) is 2.46. The third-order valence-corrected chi connectivity index (χ3v) is 3.67. The van der Waals surface area contributed by atoms with Gasteiger partial charge in [0.2, 0.25) is 0 Å². The summed E-state index contributed by atoms with van der Waals surface area (Å²) in [6.45, 7) is 0.767. The zero-order valence-corrected chi connectivity index (χ0v) is 10.2. The first-order chi connectivity index (χ1) is 8.34. The van der Waals surface area contributed by atoms with Gasteiger partial charge in [-0.05, 0) is 42.2 Å². The number of fused-ring (bicyclic) bond motifs is 1. The van der Waals surface area contributed by atoms with E-state index in [1.165, 1.54) is 11.1 Å². The van der Waals surface area contributed by atoms with Crippen molar-refractivity contribution in [3.8, 4) is 0 Å². The van der Waals surface area contributed by atoms with Gasteiger partial charge in [-0.2, -0.15) is 0 Å². The molecule has 0 spiro atoms. The highest BCUT2D eigenvalue weighted by Crippen LogP contribution is 2.35. The molecule has 1 atom stereocenters. The fraction of sp³-hybridized carbons (Fsp3) is 0.286. The molecule has 1 heterocycles. The molecule has 3 rings (SSSR count). The first-order valence-corrected chi connectivity index (χ1v) is 6.25. The highest BCUT2D eigenvalue weighted by molar-refractivity contribution is 6.31. The van der Waals surface area contributed by atoms with E-state index in [1.54, 1.807) is 6.26 Å². The summed E-state index contributed by atoms with van der Waals surface area (Å²) in [4.78, 5) is 0. The summed E-state index contributed by atoms with van der Waals surface area (Å²) in [5.74, 6) is 0.973. The number of furan rings is 1. The Morgan fingerprint density at radius 2 is 2.24 bits per heavy atom. The summed E-state index contributed by atoms with van der Waals surface area (Å²) in [6.07, 6.45) is 3.88. The van der Waals surface area contributed by atoms with Gasteiger partial charge in [-0.15, -0.1) is 0 Å². The van der Waals surface area contributed by atoms with Crippen LogP contribution >= 0.6 is 11.6 Å². The largest absolute Gasteiger partial charge is 0.468 e. The summed E-state index contributed by atoms with van der Waals surface area (Å²) in [7, 11) is 0. The number of rotatable bonds is 3. The third kappa shape index (κ3) is 2.11. The molecule has 1 aliphatic rings. The van der Waals surface area contributed by atoms with Gasteiger partial charge in [-0.25, -0.2) is 0 Å². The van der Waals surface area contributed by atoms with Crippen molar-refractivity contribution < 1.29 is 4.42 Å². The average molecular weight is 248 g/mol. The highest BCUT2D eigenvalue weighted by Gasteiger charge is 2.23. The van der Waals surface area contributed by atoms with Crippen molar-refractivity contribution in [1.29, 1.82) is 0 Å². The van der Waals surface area contributed by atoms with E-state index >= 15 is 0 Å². The standard InChI is InChI=1S/C14H14ClNO/c15-13-5-1-4-12-11(13)6-7-14(12)16-9-10-3-2-8-17-10/h1-5,8,14,16H,6-7,9H2. The SMILES string of the molecule is Clc1cccc2c1CCC2NCc1ccco1. The predicted octanol–water partition coefficient (Wildman–Crippen LogP) is 3.71. The second-order valence-electron chi connectivity index (χ2n) is 4.36. The number of nitrogens with one attached hydrogen (secondary N) is 1. The fourth-order valence-corrected chi connectivity index (χ4v) is 2.74. The molecule has 17 heavy (non-hydrogen) atoms. The summed E-state index contributed by atoms with van der Waals surface area (Å²) >= 11 is 6.19. The Kier molecular flexibility index (Phi) is 2.91. The van der Waals surface area contributed by atoms with Crippen LogP contribution in [0, 0.1) is 0 Å². The van der Waals surface area contributed by atoms with Gasteiger partial charge in [-0.1, -0.05) is 23.7 Å². The predicted molar refractivity (Wildman–Crippen MR) is 68.1 cm³/mol. The topological polar surface area (TPSA) is 25.2 Å². The molecule has 0 saturated heterocycles. The molecule has 0 amide bonds. The van der Waals surface area contributed by atoms with Gasteiger partial charge in [0.05, 0.1) is 12.8 Å². The lowest BCUT2D eigenvalue weighted by atomic mass is 10.1. The molecule has 0 fully saturated rings. The van der Waals surface area contributed by atoms with Gasteiger partial charge in [0.1, 0.15) is 5.76 Å². The lowest BCUT2D eigenvalue weighted by Crippen LogP contribution is -2.18. The van der Waals surface area contributed by atoms with Crippen LogP contribution in [0.1, 0.15) is 29.3 Å². The van der Waals surface area contributed by atoms with Crippen LogP contribution in [-0.4, -0.2) is 0 Å².